The summed E-state index contributed by atoms with van der Waals surface area (Å²) in [5.41, 5.74) is 0. The summed E-state index contributed by atoms with van der Waals surface area (Å²) in [5, 5.41) is 18.2. The number of ether oxygens (including phenoxy) is 5. The highest BCUT2D eigenvalue weighted by Gasteiger charge is 2.05. The number of hydrogen-bond donors (Lipinski definition) is 2. The third-order valence-electron chi connectivity index (χ3n) is 2.85. The number of para-hydroxylation sites is 1. The van der Waals surface area contributed by atoms with Gasteiger partial charge in [0, 0.05) is 0 Å². The van der Waals surface area contributed by atoms with E-state index in [1.165, 1.54) is 0 Å². The Labute approximate surface area is 143 Å². The number of aliphatic hydroxyl groups is 2. The predicted molar refractivity (Wildman–Crippen MR) is 88.3 cm³/mol. The van der Waals surface area contributed by atoms with Crippen LogP contribution in [0.2, 0.25) is 0 Å². The molecule has 0 saturated carbocycles. The minimum absolute atomic E-state index is 0.0240. The zero-order chi connectivity index (χ0) is 17.3. The maximum absolute atomic E-state index is 9.73. The first-order valence-electron chi connectivity index (χ1n) is 8.10. The van der Waals surface area contributed by atoms with E-state index in [0.717, 1.165) is 5.75 Å². The average Bonchev–Trinajstić information content (AvgIpc) is 2.62. The monoisotopic (exact) mass is 344 g/mol. The molecule has 1 aromatic rings. The first kappa shape index (κ1) is 20.8. The van der Waals surface area contributed by atoms with Gasteiger partial charge in [-0.05, 0) is 12.1 Å². The first-order chi connectivity index (χ1) is 11.8. The van der Waals surface area contributed by atoms with Crippen LogP contribution in [-0.2, 0) is 18.9 Å². The first-order valence-corrected chi connectivity index (χ1v) is 8.10. The van der Waals surface area contributed by atoms with Crippen LogP contribution in [0, 0.1) is 0 Å². The number of hydrogen-bond acceptors (Lipinski definition) is 7. The van der Waals surface area contributed by atoms with Crippen molar-refractivity contribution in [1.82, 2.24) is 0 Å². The van der Waals surface area contributed by atoms with Crippen molar-refractivity contribution >= 4 is 0 Å². The Bertz CT molecular complexity index is 374. The fraction of sp³-hybridized carbons (Fsp3) is 0.647. The van der Waals surface area contributed by atoms with E-state index in [2.05, 4.69) is 0 Å². The summed E-state index contributed by atoms with van der Waals surface area (Å²) < 4.78 is 26.4. The van der Waals surface area contributed by atoms with Crippen molar-refractivity contribution in [1.29, 1.82) is 0 Å². The van der Waals surface area contributed by atoms with Gasteiger partial charge in [-0.25, -0.2) is 0 Å². The molecule has 0 amide bonds. The van der Waals surface area contributed by atoms with Crippen LogP contribution in [0.3, 0.4) is 0 Å². The molecule has 0 fully saturated rings. The highest BCUT2D eigenvalue weighted by atomic mass is 16.6. The lowest BCUT2D eigenvalue weighted by atomic mass is 10.3. The fourth-order valence-electron chi connectivity index (χ4n) is 1.70. The van der Waals surface area contributed by atoms with Crippen LogP contribution in [0.4, 0.5) is 0 Å². The van der Waals surface area contributed by atoms with Gasteiger partial charge in [0.05, 0.1) is 59.5 Å². The smallest absolute Gasteiger partial charge is 0.119 e. The molecule has 1 unspecified atom stereocenters. The molecule has 24 heavy (non-hydrogen) atoms. The van der Waals surface area contributed by atoms with Crippen molar-refractivity contribution < 1.29 is 33.9 Å². The van der Waals surface area contributed by atoms with Gasteiger partial charge in [0.1, 0.15) is 18.5 Å². The van der Waals surface area contributed by atoms with Crippen LogP contribution < -0.4 is 4.74 Å². The lowest BCUT2D eigenvalue weighted by Crippen LogP contribution is -2.24. The van der Waals surface area contributed by atoms with Crippen LogP contribution >= 0.6 is 0 Å². The van der Waals surface area contributed by atoms with E-state index < -0.39 is 6.10 Å². The summed E-state index contributed by atoms with van der Waals surface area (Å²) >= 11 is 0. The van der Waals surface area contributed by atoms with Gasteiger partial charge in [0.15, 0.2) is 0 Å². The zero-order valence-corrected chi connectivity index (χ0v) is 14.0. The maximum Gasteiger partial charge on any atom is 0.119 e. The third-order valence-corrected chi connectivity index (χ3v) is 2.85. The molecule has 1 aromatic carbocycles. The van der Waals surface area contributed by atoms with Crippen molar-refractivity contribution in [2.45, 2.75) is 6.10 Å². The van der Waals surface area contributed by atoms with Gasteiger partial charge < -0.3 is 33.9 Å². The van der Waals surface area contributed by atoms with Crippen LogP contribution in [0.1, 0.15) is 0 Å². The summed E-state index contributed by atoms with van der Waals surface area (Å²) in [6, 6.07) is 9.33. The van der Waals surface area contributed by atoms with Gasteiger partial charge in [0.2, 0.25) is 0 Å². The van der Waals surface area contributed by atoms with E-state index in [1.807, 2.05) is 30.3 Å². The second kappa shape index (κ2) is 15.3. The van der Waals surface area contributed by atoms with E-state index in [0.29, 0.717) is 46.2 Å². The standard InChI is InChI=1S/C17H28O7/c18-6-7-20-8-9-21-10-11-22-12-13-23-14-16(19)15-24-17-4-2-1-3-5-17/h1-5,16,18-19H,6-15H2. The number of benzene rings is 1. The van der Waals surface area contributed by atoms with Crippen LogP contribution in [0.5, 0.6) is 5.75 Å². The summed E-state index contributed by atoms with van der Waals surface area (Å²) in [4.78, 5) is 0. The molecule has 0 heterocycles. The lowest BCUT2D eigenvalue weighted by Gasteiger charge is -2.13. The predicted octanol–water partition coefficient (Wildman–Crippen LogP) is 0.485. The van der Waals surface area contributed by atoms with E-state index in [1.54, 1.807) is 0 Å². The van der Waals surface area contributed by atoms with Crippen molar-refractivity contribution in [3.8, 4) is 5.75 Å². The molecule has 0 spiro atoms. The molecule has 7 nitrogen and oxygen atoms in total. The molecule has 2 N–H and O–H groups in total. The largest absolute Gasteiger partial charge is 0.491 e. The zero-order valence-electron chi connectivity index (χ0n) is 14.0. The second-order valence-corrected chi connectivity index (χ2v) is 4.91. The summed E-state index contributed by atoms with van der Waals surface area (Å²) in [6.07, 6.45) is -0.674. The van der Waals surface area contributed by atoms with Crippen molar-refractivity contribution in [2.75, 3.05) is 66.1 Å². The second-order valence-electron chi connectivity index (χ2n) is 4.91. The lowest BCUT2D eigenvalue weighted by molar-refractivity contribution is -0.0253. The van der Waals surface area contributed by atoms with Crippen molar-refractivity contribution in [2.24, 2.45) is 0 Å². The summed E-state index contributed by atoms with van der Waals surface area (Å²) in [6.45, 7) is 3.50. The molecule has 7 heteroatoms. The Morgan fingerprint density at radius 3 is 1.83 bits per heavy atom. The molecule has 0 aliphatic heterocycles. The molecule has 138 valence electrons. The molecular weight excluding hydrogens is 316 g/mol. The van der Waals surface area contributed by atoms with Crippen LogP contribution in [0.15, 0.2) is 30.3 Å². The van der Waals surface area contributed by atoms with Gasteiger partial charge in [-0.1, -0.05) is 18.2 Å². The molecule has 1 rings (SSSR count). The summed E-state index contributed by atoms with van der Waals surface area (Å²) in [7, 11) is 0. The Balaban J connectivity index is 1.81. The minimum atomic E-state index is -0.674. The molecule has 0 aromatic heterocycles. The molecule has 0 bridgehead atoms. The molecule has 0 radical (unpaired) electrons. The number of aliphatic hydroxyl groups excluding tert-OH is 2. The van der Waals surface area contributed by atoms with E-state index in [-0.39, 0.29) is 19.8 Å². The SMILES string of the molecule is OCCOCCOCCOCCOCC(O)COc1ccccc1. The normalized spacial score (nSPS) is 12.2. The van der Waals surface area contributed by atoms with Crippen molar-refractivity contribution in [3.63, 3.8) is 0 Å². The topological polar surface area (TPSA) is 86.6 Å². The highest BCUT2D eigenvalue weighted by Crippen LogP contribution is 2.08. The van der Waals surface area contributed by atoms with Crippen LogP contribution in [0.25, 0.3) is 0 Å². The quantitative estimate of drug-likeness (QED) is 0.422. The Morgan fingerprint density at radius 1 is 0.708 bits per heavy atom. The Morgan fingerprint density at radius 2 is 1.25 bits per heavy atom. The van der Waals surface area contributed by atoms with Gasteiger partial charge in [-0.15, -0.1) is 0 Å². The molecular formula is C17H28O7. The highest BCUT2D eigenvalue weighted by molar-refractivity contribution is 5.20. The maximum atomic E-state index is 9.73. The Kier molecular flexibility index (Phi) is 13.3. The Hall–Kier alpha value is -1.22. The van der Waals surface area contributed by atoms with E-state index >= 15 is 0 Å². The van der Waals surface area contributed by atoms with Crippen LogP contribution in [-0.4, -0.2) is 82.4 Å². The average molecular weight is 344 g/mol. The van der Waals surface area contributed by atoms with Gasteiger partial charge in [-0.3, -0.25) is 0 Å². The molecule has 0 aliphatic carbocycles. The third kappa shape index (κ3) is 12.2. The molecule has 0 saturated heterocycles. The van der Waals surface area contributed by atoms with E-state index in [9.17, 15) is 5.11 Å². The van der Waals surface area contributed by atoms with Gasteiger partial charge >= 0.3 is 0 Å². The summed E-state index contributed by atoms with van der Waals surface area (Å²) in [5.74, 6) is 0.724. The minimum Gasteiger partial charge on any atom is -0.491 e. The van der Waals surface area contributed by atoms with Gasteiger partial charge in [0.25, 0.3) is 0 Å². The molecule has 0 aliphatic rings. The number of rotatable bonds is 16. The van der Waals surface area contributed by atoms with Crippen molar-refractivity contribution in [3.05, 3.63) is 30.3 Å². The van der Waals surface area contributed by atoms with Gasteiger partial charge in [-0.2, -0.15) is 0 Å². The molecule has 1 atom stereocenters. The van der Waals surface area contributed by atoms with E-state index in [4.69, 9.17) is 28.8 Å². The fourth-order valence-corrected chi connectivity index (χ4v) is 1.70.